The third kappa shape index (κ3) is 6.21. The van der Waals surface area contributed by atoms with Gasteiger partial charge in [-0.1, -0.05) is 60.7 Å². The maximum absolute atomic E-state index is 12.1. The minimum atomic E-state index is -0.548. The number of methoxy groups -OCH3 is 1. The predicted molar refractivity (Wildman–Crippen MR) is 115 cm³/mol. The highest BCUT2D eigenvalue weighted by molar-refractivity contribution is 5.90. The van der Waals surface area contributed by atoms with Crippen LogP contribution in [0.5, 0.6) is 17.2 Å². The van der Waals surface area contributed by atoms with E-state index in [0.717, 1.165) is 11.1 Å². The van der Waals surface area contributed by atoms with Crippen LogP contribution < -0.4 is 14.2 Å². The third-order valence-electron chi connectivity index (χ3n) is 3.99. The number of esters is 2. The van der Waals surface area contributed by atoms with Crippen molar-refractivity contribution in [2.45, 2.75) is 0 Å². The van der Waals surface area contributed by atoms with Gasteiger partial charge in [0.2, 0.25) is 0 Å². The number of benzene rings is 3. The van der Waals surface area contributed by atoms with Crippen LogP contribution in [0, 0.1) is 0 Å². The first-order valence-electron chi connectivity index (χ1n) is 9.22. The standard InChI is InChI=1S/C25H20O5/c1-28-23-18-21(29-24(26)16-12-19-8-4-2-5-9-19)14-15-22(23)30-25(27)17-13-20-10-6-3-7-11-20/h2-18H,1H3/b16-12+,17-13+. The van der Waals surface area contributed by atoms with Gasteiger partial charge in [-0.25, -0.2) is 9.59 Å². The molecule has 0 saturated heterocycles. The van der Waals surface area contributed by atoms with Crippen molar-refractivity contribution in [3.63, 3.8) is 0 Å². The van der Waals surface area contributed by atoms with Gasteiger partial charge in [-0.2, -0.15) is 0 Å². The number of hydrogen-bond acceptors (Lipinski definition) is 5. The molecule has 0 bridgehead atoms. The van der Waals surface area contributed by atoms with Crippen LogP contribution in [0.4, 0.5) is 0 Å². The molecule has 0 heterocycles. The van der Waals surface area contributed by atoms with Crippen molar-refractivity contribution in [2.75, 3.05) is 7.11 Å². The Morgan fingerprint density at radius 2 is 1.20 bits per heavy atom. The number of carbonyl (C=O) groups is 2. The second-order valence-electron chi connectivity index (χ2n) is 6.14. The monoisotopic (exact) mass is 400 g/mol. The van der Waals surface area contributed by atoms with E-state index in [4.69, 9.17) is 14.2 Å². The maximum atomic E-state index is 12.1. The number of ether oxygens (including phenoxy) is 3. The highest BCUT2D eigenvalue weighted by Gasteiger charge is 2.11. The molecule has 3 aromatic carbocycles. The Morgan fingerprint density at radius 1 is 0.667 bits per heavy atom. The lowest BCUT2D eigenvalue weighted by Crippen LogP contribution is -2.06. The molecule has 0 radical (unpaired) electrons. The van der Waals surface area contributed by atoms with Crippen LogP contribution >= 0.6 is 0 Å². The summed E-state index contributed by atoms with van der Waals surface area (Å²) in [4.78, 5) is 24.1. The van der Waals surface area contributed by atoms with Crippen molar-refractivity contribution in [3.05, 3.63) is 102 Å². The summed E-state index contributed by atoms with van der Waals surface area (Å²) >= 11 is 0. The first kappa shape index (κ1) is 20.6. The normalized spacial score (nSPS) is 10.8. The Hall–Kier alpha value is -4.12. The van der Waals surface area contributed by atoms with Gasteiger partial charge >= 0.3 is 11.9 Å². The van der Waals surface area contributed by atoms with Gasteiger partial charge in [-0.3, -0.25) is 0 Å². The van der Waals surface area contributed by atoms with E-state index in [-0.39, 0.29) is 17.2 Å². The molecule has 0 atom stereocenters. The number of carbonyl (C=O) groups excluding carboxylic acids is 2. The molecule has 30 heavy (non-hydrogen) atoms. The molecule has 0 aliphatic heterocycles. The van der Waals surface area contributed by atoms with Crippen molar-refractivity contribution < 1.29 is 23.8 Å². The molecular weight excluding hydrogens is 380 g/mol. The Bertz CT molecular complexity index is 1050. The molecule has 0 fully saturated rings. The van der Waals surface area contributed by atoms with Crippen molar-refractivity contribution in [2.24, 2.45) is 0 Å². The fourth-order valence-corrected chi connectivity index (χ4v) is 2.55. The summed E-state index contributed by atoms with van der Waals surface area (Å²) in [7, 11) is 1.44. The number of hydrogen-bond donors (Lipinski definition) is 0. The summed E-state index contributed by atoms with van der Waals surface area (Å²) in [6, 6.07) is 23.3. The summed E-state index contributed by atoms with van der Waals surface area (Å²) in [6.45, 7) is 0. The van der Waals surface area contributed by atoms with E-state index in [9.17, 15) is 9.59 Å². The van der Waals surface area contributed by atoms with Gasteiger partial charge in [-0.05, 0) is 35.4 Å². The Kier molecular flexibility index (Phi) is 7.17. The zero-order chi connectivity index (χ0) is 21.2. The maximum Gasteiger partial charge on any atom is 0.336 e. The average Bonchev–Trinajstić information content (AvgIpc) is 2.78. The van der Waals surface area contributed by atoms with Gasteiger partial charge in [0.05, 0.1) is 7.11 Å². The molecule has 5 heteroatoms. The zero-order valence-corrected chi connectivity index (χ0v) is 16.4. The Morgan fingerprint density at radius 3 is 1.73 bits per heavy atom. The first-order chi connectivity index (χ1) is 14.6. The van der Waals surface area contributed by atoms with E-state index in [2.05, 4.69) is 0 Å². The molecule has 0 aromatic heterocycles. The smallest absolute Gasteiger partial charge is 0.336 e. The average molecular weight is 400 g/mol. The molecule has 0 saturated carbocycles. The van der Waals surface area contributed by atoms with Crippen molar-refractivity contribution in [3.8, 4) is 17.2 Å². The molecule has 3 aromatic rings. The lowest BCUT2D eigenvalue weighted by molar-refractivity contribution is -0.130. The molecule has 3 rings (SSSR count). The molecule has 5 nitrogen and oxygen atoms in total. The van der Waals surface area contributed by atoms with Gasteiger partial charge in [-0.15, -0.1) is 0 Å². The summed E-state index contributed by atoms with van der Waals surface area (Å²) in [5.74, 6) is -0.313. The van der Waals surface area contributed by atoms with Crippen LogP contribution in [-0.2, 0) is 9.59 Å². The van der Waals surface area contributed by atoms with Crippen molar-refractivity contribution >= 4 is 24.1 Å². The van der Waals surface area contributed by atoms with E-state index in [1.54, 1.807) is 12.2 Å². The largest absolute Gasteiger partial charge is 0.493 e. The van der Waals surface area contributed by atoms with Crippen LogP contribution in [-0.4, -0.2) is 19.0 Å². The van der Waals surface area contributed by atoms with Crippen LogP contribution in [0.25, 0.3) is 12.2 Å². The van der Waals surface area contributed by atoms with E-state index in [1.165, 1.54) is 37.5 Å². The van der Waals surface area contributed by atoms with Crippen LogP contribution in [0.2, 0.25) is 0 Å². The third-order valence-corrected chi connectivity index (χ3v) is 3.99. The molecule has 0 spiro atoms. The second kappa shape index (κ2) is 10.4. The van der Waals surface area contributed by atoms with E-state index in [1.807, 2.05) is 60.7 Å². The fourth-order valence-electron chi connectivity index (χ4n) is 2.55. The minimum Gasteiger partial charge on any atom is -0.493 e. The molecular formula is C25H20O5. The molecule has 0 aliphatic carbocycles. The van der Waals surface area contributed by atoms with Crippen LogP contribution in [0.15, 0.2) is 91.0 Å². The van der Waals surface area contributed by atoms with Gasteiger partial charge in [0.15, 0.2) is 11.5 Å². The first-order valence-corrected chi connectivity index (χ1v) is 9.22. The zero-order valence-electron chi connectivity index (χ0n) is 16.4. The Labute approximate surface area is 174 Å². The quantitative estimate of drug-likeness (QED) is 0.320. The van der Waals surface area contributed by atoms with E-state index >= 15 is 0 Å². The minimum absolute atomic E-state index is 0.222. The van der Waals surface area contributed by atoms with E-state index < -0.39 is 11.9 Å². The summed E-state index contributed by atoms with van der Waals surface area (Å²) in [5, 5.41) is 0. The lowest BCUT2D eigenvalue weighted by atomic mass is 10.2. The lowest BCUT2D eigenvalue weighted by Gasteiger charge is -2.09. The molecule has 150 valence electrons. The van der Waals surface area contributed by atoms with Gasteiger partial charge < -0.3 is 14.2 Å². The fraction of sp³-hybridized carbons (Fsp3) is 0.0400. The molecule has 0 N–H and O–H groups in total. The highest BCUT2D eigenvalue weighted by Crippen LogP contribution is 2.31. The molecule has 0 amide bonds. The second-order valence-corrected chi connectivity index (χ2v) is 6.14. The topological polar surface area (TPSA) is 61.8 Å². The van der Waals surface area contributed by atoms with Gasteiger partial charge in [0.1, 0.15) is 5.75 Å². The van der Waals surface area contributed by atoms with Crippen molar-refractivity contribution in [1.82, 2.24) is 0 Å². The van der Waals surface area contributed by atoms with E-state index in [0.29, 0.717) is 0 Å². The molecule has 0 unspecified atom stereocenters. The van der Waals surface area contributed by atoms with Gasteiger partial charge in [0.25, 0.3) is 0 Å². The summed E-state index contributed by atoms with van der Waals surface area (Å²) in [6.07, 6.45) is 5.99. The summed E-state index contributed by atoms with van der Waals surface area (Å²) < 4.78 is 15.9. The highest BCUT2D eigenvalue weighted by atomic mass is 16.6. The molecule has 0 aliphatic rings. The van der Waals surface area contributed by atoms with Gasteiger partial charge in [0, 0.05) is 18.2 Å². The van der Waals surface area contributed by atoms with Crippen LogP contribution in [0.3, 0.4) is 0 Å². The van der Waals surface area contributed by atoms with Crippen LogP contribution in [0.1, 0.15) is 11.1 Å². The SMILES string of the molecule is COc1cc(OC(=O)/C=C/c2ccccc2)ccc1OC(=O)/C=C/c1ccccc1. The predicted octanol–water partition coefficient (Wildman–Crippen LogP) is 4.93. The Balaban J connectivity index is 1.62. The van der Waals surface area contributed by atoms with Crippen molar-refractivity contribution in [1.29, 1.82) is 0 Å². The summed E-state index contributed by atoms with van der Waals surface area (Å²) in [5.41, 5.74) is 1.77. The number of rotatable bonds is 7.